The number of carbonyl (C=O) groups is 1. The van der Waals surface area contributed by atoms with Gasteiger partial charge in [-0.05, 0) is 50.8 Å². The minimum atomic E-state index is -0.428. The molecule has 1 fully saturated rings. The quantitative estimate of drug-likeness (QED) is 0.389. The highest BCUT2D eigenvalue weighted by atomic mass is 16.6. The molecule has 0 radical (unpaired) electrons. The number of anilines is 1. The number of benzene rings is 2. The lowest BCUT2D eigenvalue weighted by Crippen LogP contribution is -2.39. The third-order valence-electron chi connectivity index (χ3n) is 5.41. The van der Waals surface area contributed by atoms with Crippen LogP contribution in [-0.4, -0.2) is 36.2 Å². The van der Waals surface area contributed by atoms with Crippen LogP contribution in [0.3, 0.4) is 0 Å². The van der Waals surface area contributed by atoms with Gasteiger partial charge in [0.15, 0.2) is 6.61 Å². The van der Waals surface area contributed by atoms with Crippen molar-refractivity contribution in [3.05, 3.63) is 63.7 Å². The molecule has 1 N–H and O–H groups in total. The molecule has 3 rings (SSSR count). The number of non-ortho nitro benzene ring substituents is 1. The van der Waals surface area contributed by atoms with Crippen LogP contribution in [0, 0.1) is 17.0 Å². The second-order valence-corrected chi connectivity index (χ2v) is 7.65. The maximum absolute atomic E-state index is 12.1. The molecular formula is C23H28N4O4. The molecule has 2 aromatic rings. The van der Waals surface area contributed by atoms with Crippen molar-refractivity contribution in [3.8, 4) is 5.75 Å². The summed E-state index contributed by atoms with van der Waals surface area (Å²) in [6.07, 6.45) is 5.82. The molecule has 0 saturated carbocycles. The Labute approximate surface area is 182 Å². The average molecular weight is 425 g/mol. The number of rotatable bonds is 8. The maximum atomic E-state index is 12.1. The highest BCUT2D eigenvalue weighted by Crippen LogP contribution is 2.31. The largest absolute Gasteiger partial charge is 0.484 e. The lowest BCUT2D eigenvalue weighted by Gasteiger charge is -2.38. The van der Waals surface area contributed by atoms with Gasteiger partial charge in [0.1, 0.15) is 5.75 Å². The molecule has 1 aliphatic heterocycles. The van der Waals surface area contributed by atoms with E-state index in [-0.39, 0.29) is 12.3 Å². The van der Waals surface area contributed by atoms with E-state index >= 15 is 0 Å². The molecule has 8 heteroatoms. The van der Waals surface area contributed by atoms with Gasteiger partial charge in [-0.25, -0.2) is 5.43 Å². The Morgan fingerprint density at radius 3 is 2.77 bits per heavy atom. The van der Waals surface area contributed by atoms with Gasteiger partial charge >= 0.3 is 0 Å². The van der Waals surface area contributed by atoms with Crippen molar-refractivity contribution < 1.29 is 14.5 Å². The van der Waals surface area contributed by atoms with Crippen molar-refractivity contribution in [3.63, 3.8) is 0 Å². The molecule has 0 spiro atoms. The Hall–Kier alpha value is -3.42. The minimum Gasteiger partial charge on any atom is -0.484 e. The number of carbonyl (C=O) groups excluding carboxylic acids is 1. The summed E-state index contributed by atoms with van der Waals surface area (Å²) in [4.78, 5) is 25.2. The number of hydrogen-bond donors (Lipinski definition) is 1. The van der Waals surface area contributed by atoms with E-state index < -0.39 is 10.8 Å². The SMILES string of the molecule is CC[C@@H]1CCCCN1c1ccc([N+](=O)[O-])cc1C=NNC(=O)COc1ccc(C)cc1. The van der Waals surface area contributed by atoms with Crippen molar-refractivity contribution in [1.82, 2.24) is 5.43 Å². The first-order chi connectivity index (χ1) is 15.0. The molecule has 0 unspecified atom stereocenters. The topological polar surface area (TPSA) is 97.1 Å². The number of aryl methyl sites for hydroxylation is 1. The molecule has 1 saturated heterocycles. The van der Waals surface area contributed by atoms with E-state index in [1.54, 1.807) is 18.2 Å². The van der Waals surface area contributed by atoms with E-state index in [0.29, 0.717) is 17.4 Å². The van der Waals surface area contributed by atoms with Crippen LogP contribution in [0.1, 0.15) is 43.7 Å². The monoisotopic (exact) mass is 424 g/mol. The number of amides is 1. The van der Waals surface area contributed by atoms with E-state index in [9.17, 15) is 14.9 Å². The molecule has 1 atom stereocenters. The Bertz CT molecular complexity index is 943. The normalized spacial score (nSPS) is 16.3. The van der Waals surface area contributed by atoms with Gasteiger partial charge in [0, 0.05) is 36.0 Å². The van der Waals surface area contributed by atoms with E-state index in [0.717, 1.165) is 37.1 Å². The number of ether oxygens (including phenoxy) is 1. The summed E-state index contributed by atoms with van der Waals surface area (Å²) in [6, 6.07) is 12.6. The third kappa shape index (κ3) is 6.04. The summed E-state index contributed by atoms with van der Waals surface area (Å²) < 4.78 is 5.44. The number of nitro groups is 1. The predicted molar refractivity (Wildman–Crippen MR) is 121 cm³/mol. The fourth-order valence-corrected chi connectivity index (χ4v) is 3.75. The van der Waals surface area contributed by atoms with Crippen LogP contribution in [0.15, 0.2) is 47.6 Å². The summed E-state index contributed by atoms with van der Waals surface area (Å²) in [5.74, 6) is 0.189. The number of nitrogens with one attached hydrogen (secondary N) is 1. The molecule has 8 nitrogen and oxygen atoms in total. The lowest BCUT2D eigenvalue weighted by atomic mass is 9.98. The van der Waals surface area contributed by atoms with Crippen molar-refractivity contribution >= 4 is 23.5 Å². The Kier molecular flexibility index (Phi) is 7.59. The fraction of sp³-hybridized carbons (Fsp3) is 0.391. The summed E-state index contributed by atoms with van der Waals surface area (Å²) in [7, 11) is 0. The first-order valence-corrected chi connectivity index (χ1v) is 10.5. The zero-order valence-electron chi connectivity index (χ0n) is 17.9. The highest BCUT2D eigenvalue weighted by molar-refractivity contribution is 5.90. The van der Waals surface area contributed by atoms with Crippen LogP contribution in [0.2, 0.25) is 0 Å². The molecular weight excluding hydrogens is 396 g/mol. The maximum Gasteiger partial charge on any atom is 0.277 e. The smallest absolute Gasteiger partial charge is 0.277 e. The lowest BCUT2D eigenvalue weighted by molar-refractivity contribution is -0.384. The molecule has 1 amide bonds. The third-order valence-corrected chi connectivity index (χ3v) is 5.41. The number of piperidine rings is 1. The second kappa shape index (κ2) is 10.6. The number of nitro benzene ring substituents is 1. The average Bonchev–Trinajstić information content (AvgIpc) is 2.78. The first kappa shape index (κ1) is 22.3. The number of hydrazone groups is 1. The summed E-state index contributed by atoms with van der Waals surface area (Å²) in [6.45, 7) is 4.84. The van der Waals surface area contributed by atoms with Gasteiger partial charge < -0.3 is 9.64 Å². The van der Waals surface area contributed by atoms with Crippen LogP contribution in [0.5, 0.6) is 5.75 Å². The Balaban J connectivity index is 1.70. The summed E-state index contributed by atoms with van der Waals surface area (Å²) in [5.41, 5.74) is 5.03. The van der Waals surface area contributed by atoms with Gasteiger partial charge in [-0.1, -0.05) is 24.6 Å². The Morgan fingerprint density at radius 1 is 1.29 bits per heavy atom. The zero-order valence-corrected chi connectivity index (χ0v) is 17.9. The molecule has 31 heavy (non-hydrogen) atoms. The minimum absolute atomic E-state index is 0.00992. The van der Waals surface area contributed by atoms with Crippen LogP contribution in [-0.2, 0) is 4.79 Å². The molecule has 1 heterocycles. The molecule has 0 bridgehead atoms. The molecule has 0 aromatic heterocycles. The van der Waals surface area contributed by atoms with Gasteiger partial charge in [-0.3, -0.25) is 14.9 Å². The van der Waals surface area contributed by atoms with Crippen molar-refractivity contribution in [1.29, 1.82) is 0 Å². The van der Waals surface area contributed by atoms with E-state index in [2.05, 4.69) is 22.4 Å². The van der Waals surface area contributed by atoms with Crippen molar-refractivity contribution in [2.75, 3.05) is 18.1 Å². The number of nitrogens with zero attached hydrogens (tertiary/aromatic N) is 3. The zero-order chi connectivity index (χ0) is 22.2. The van der Waals surface area contributed by atoms with Gasteiger partial charge in [0.05, 0.1) is 11.1 Å². The van der Waals surface area contributed by atoms with Crippen LogP contribution >= 0.6 is 0 Å². The van der Waals surface area contributed by atoms with Crippen LogP contribution in [0.4, 0.5) is 11.4 Å². The van der Waals surface area contributed by atoms with E-state index in [1.165, 1.54) is 24.8 Å². The highest BCUT2D eigenvalue weighted by Gasteiger charge is 2.24. The van der Waals surface area contributed by atoms with Gasteiger partial charge in [0.25, 0.3) is 11.6 Å². The van der Waals surface area contributed by atoms with E-state index in [4.69, 9.17) is 4.74 Å². The van der Waals surface area contributed by atoms with Gasteiger partial charge in [0.2, 0.25) is 0 Å². The standard InChI is InChI=1S/C23H28N4O4/c1-3-19-6-4-5-13-26(19)22-12-9-20(27(29)30)14-18(22)15-24-25-23(28)16-31-21-10-7-17(2)8-11-21/h7-12,14-15,19H,3-6,13,16H2,1-2H3,(H,25,28)/t19-/m1/s1. The van der Waals surface area contributed by atoms with Crippen molar-refractivity contribution in [2.45, 2.75) is 45.6 Å². The Morgan fingerprint density at radius 2 is 2.06 bits per heavy atom. The van der Waals surface area contributed by atoms with Crippen LogP contribution in [0.25, 0.3) is 0 Å². The number of hydrogen-bond acceptors (Lipinski definition) is 6. The van der Waals surface area contributed by atoms with Crippen LogP contribution < -0.4 is 15.1 Å². The molecule has 164 valence electrons. The summed E-state index contributed by atoms with van der Waals surface area (Å²) in [5, 5.41) is 15.3. The molecule has 0 aliphatic carbocycles. The predicted octanol–water partition coefficient (Wildman–Crippen LogP) is 4.20. The molecule has 2 aromatic carbocycles. The van der Waals surface area contributed by atoms with E-state index in [1.807, 2.05) is 19.1 Å². The molecule has 1 aliphatic rings. The first-order valence-electron chi connectivity index (χ1n) is 10.5. The van der Waals surface area contributed by atoms with Gasteiger partial charge in [-0.2, -0.15) is 5.10 Å². The fourth-order valence-electron chi connectivity index (χ4n) is 3.75. The second-order valence-electron chi connectivity index (χ2n) is 7.65. The summed E-state index contributed by atoms with van der Waals surface area (Å²) >= 11 is 0. The van der Waals surface area contributed by atoms with Gasteiger partial charge in [-0.15, -0.1) is 0 Å². The van der Waals surface area contributed by atoms with Crippen molar-refractivity contribution in [2.24, 2.45) is 5.10 Å².